The Kier molecular flexibility index (Phi) is 4.46. The number of aliphatic imine (C=N–C) groups is 1. The zero-order chi connectivity index (χ0) is 17.1. The molecule has 10 heteroatoms. The van der Waals surface area contributed by atoms with Gasteiger partial charge in [0.15, 0.2) is 0 Å². The van der Waals surface area contributed by atoms with Gasteiger partial charge in [-0.3, -0.25) is 4.99 Å². The molecule has 0 aliphatic carbocycles. The highest BCUT2D eigenvalue weighted by atomic mass is 19.3. The van der Waals surface area contributed by atoms with Gasteiger partial charge in [-0.05, 0) is 17.7 Å². The molecule has 0 amide bonds. The van der Waals surface area contributed by atoms with E-state index in [2.05, 4.69) is 4.99 Å². The summed E-state index contributed by atoms with van der Waals surface area (Å²) >= 11 is 0. The van der Waals surface area contributed by atoms with Crippen LogP contribution < -0.4 is 5.69 Å². The monoisotopic (exact) mass is 325 g/mol. The summed E-state index contributed by atoms with van der Waals surface area (Å²) < 4.78 is 51.7. The molecule has 0 aliphatic heterocycles. The van der Waals surface area contributed by atoms with Crippen molar-refractivity contribution in [2.24, 2.45) is 4.99 Å². The second kappa shape index (κ2) is 6.32. The van der Waals surface area contributed by atoms with Crippen LogP contribution in [-0.4, -0.2) is 14.8 Å². The number of alkyl halides is 4. The van der Waals surface area contributed by atoms with Crippen molar-refractivity contribution in [3.63, 3.8) is 0 Å². The van der Waals surface area contributed by atoms with Gasteiger partial charge in [0.2, 0.25) is 5.71 Å². The van der Waals surface area contributed by atoms with Crippen LogP contribution in [0.1, 0.15) is 18.7 Å². The fraction of sp³-hybridized carbons (Fsp3) is 0.231. The Labute approximate surface area is 126 Å². The lowest BCUT2D eigenvalue weighted by Crippen LogP contribution is -2.25. The Hall–Kier alpha value is -3.14. The van der Waals surface area contributed by atoms with Crippen LogP contribution in [0.2, 0.25) is 0 Å². The second-order valence-electron chi connectivity index (χ2n) is 4.29. The van der Waals surface area contributed by atoms with Gasteiger partial charge in [0, 0.05) is 0 Å². The number of nitriles is 2. The summed E-state index contributed by atoms with van der Waals surface area (Å²) in [4.78, 5) is 15.3. The quantitative estimate of drug-likeness (QED) is 0.639. The largest absolute Gasteiger partial charge is 0.338 e. The standard InChI is InChI=1S/C13H7F4N5O/c14-11(15)21-9-2-1-7(6-20-8(4-18)5-19)3-10(9)22(12(16)17)13(21)23/h1-3,11-12H,6H2. The third-order valence-electron chi connectivity index (χ3n) is 2.99. The molecule has 118 valence electrons. The van der Waals surface area contributed by atoms with Crippen molar-refractivity contribution in [1.29, 1.82) is 10.5 Å². The summed E-state index contributed by atoms with van der Waals surface area (Å²) in [7, 11) is 0. The minimum absolute atomic E-state index is 0.0372. The Morgan fingerprint density at radius 3 is 2.17 bits per heavy atom. The number of rotatable bonds is 4. The number of halogens is 4. The van der Waals surface area contributed by atoms with Crippen molar-refractivity contribution >= 4 is 16.7 Å². The number of benzene rings is 1. The summed E-state index contributed by atoms with van der Waals surface area (Å²) in [5, 5.41) is 17.1. The Bertz CT molecular complexity index is 897. The zero-order valence-electron chi connectivity index (χ0n) is 11.3. The molecule has 23 heavy (non-hydrogen) atoms. The van der Waals surface area contributed by atoms with E-state index in [1.165, 1.54) is 18.2 Å². The van der Waals surface area contributed by atoms with Crippen LogP contribution in [0.25, 0.3) is 11.0 Å². The van der Waals surface area contributed by atoms with Crippen LogP contribution in [0, 0.1) is 22.7 Å². The van der Waals surface area contributed by atoms with Crippen LogP contribution in [0.15, 0.2) is 28.0 Å². The van der Waals surface area contributed by atoms with Gasteiger partial charge in [-0.15, -0.1) is 0 Å². The van der Waals surface area contributed by atoms with E-state index in [4.69, 9.17) is 10.5 Å². The van der Waals surface area contributed by atoms with Gasteiger partial charge < -0.3 is 0 Å². The normalized spacial score (nSPS) is 10.8. The predicted octanol–water partition coefficient (Wildman–Crippen LogP) is 2.58. The third kappa shape index (κ3) is 2.92. The van der Waals surface area contributed by atoms with E-state index in [0.717, 1.165) is 12.1 Å². The van der Waals surface area contributed by atoms with Crippen molar-refractivity contribution < 1.29 is 17.6 Å². The number of nitrogens with zero attached hydrogens (tertiary/aromatic N) is 5. The Morgan fingerprint density at radius 1 is 1.09 bits per heavy atom. The maximum absolute atomic E-state index is 13.0. The number of hydrogen-bond acceptors (Lipinski definition) is 4. The molecule has 1 aromatic carbocycles. The van der Waals surface area contributed by atoms with E-state index in [1.807, 2.05) is 0 Å². The number of hydrogen-bond donors (Lipinski definition) is 0. The second-order valence-corrected chi connectivity index (χ2v) is 4.29. The van der Waals surface area contributed by atoms with Gasteiger partial charge in [-0.1, -0.05) is 6.07 Å². The first-order valence-corrected chi connectivity index (χ1v) is 6.07. The molecule has 2 rings (SSSR count). The van der Waals surface area contributed by atoms with Crippen LogP contribution in [0.3, 0.4) is 0 Å². The van der Waals surface area contributed by atoms with Gasteiger partial charge in [-0.25, -0.2) is 13.9 Å². The first-order chi connectivity index (χ1) is 10.9. The Balaban J connectivity index is 2.62. The summed E-state index contributed by atoms with van der Waals surface area (Å²) in [5.41, 5.74) is -2.39. The summed E-state index contributed by atoms with van der Waals surface area (Å²) in [5.74, 6) is 0. The van der Waals surface area contributed by atoms with E-state index in [0.29, 0.717) is 0 Å². The van der Waals surface area contributed by atoms with Crippen LogP contribution in [-0.2, 0) is 6.54 Å². The van der Waals surface area contributed by atoms with Crippen molar-refractivity contribution in [3.05, 3.63) is 34.2 Å². The van der Waals surface area contributed by atoms with Crippen molar-refractivity contribution in [1.82, 2.24) is 9.13 Å². The molecule has 0 unspecified atom stereocenters. The molecule has 2 aromatic rings. The first-order valence-electron chi connectivity index (χ1n) is 6.07. The lowest BCUT2D eigenvalue weighted by atomic mass is 10.2. The summed E-state index contributed by atoms with van der Waals surface area (Å²) in [6.07, 6.45) is 0. The topological polar surface area (TPSA) is 86.9 Å². The molecule has 0 fully saturated rings. The fourth-order valence-corrected chi connectivity index (χ4v) is 2.03. The molecule has 0 saturated heterocycles. The lowest BCUT2D eigenvalue weighted by Gasteiger charge is -2.02. The van der Waals surface area contributed by atoms with Gasteiger partial charge in [0.05, 0.1) is 17.6 Å². The van der Waals surface area contributed by atoms with E-state index >= 15 is 0 Å². The van der Waals surface area contributed by atoms with Gasteiger partial charge in [0.25, 0.3) is 0 Å². The van der Waals surface area contributed by atoms with Crippen molar-refractivity contribution in [2.45, 2.75) is 19.6 Å². The molecule has 1 aromatic heterocycles. The maximum Gasteiger partial charge on any atom is 0.338 e. The minimum Gasteiger partial charge on any atom is -0.260 e. The Morgan fingerprint density at radius 2 is 1.65 bits per heavy atom. The van der Waals surface area contributed by atoms with Crippen LogP contribution in [0.4, 0.5) is 17.6 Å². The van der Waals surface area contributed by atoms with Gasteiger partial charge >= 0.3 is 18.8 Å². The molecule has 0 radical (unpaired) electrons. The zero-order valence-corrected chi connectivity index (χ0v) is 11.3. The minimum atomic E-state index is -3.29. The molecule has 0 saturated carbocycles. The van der Waals surface area contributed by atoms with E-state index in [-0.39, 0.29) is 32.3 Å². The maximum atomic E-state index is 13.0. The highest BCUT2D eigenvalue weighted by Crippen LogP contribution is 2.24. The molecule has 0 aliphatic rings. The molecule has 0 atom stereocenters. The highest BCUT2D eigenvalue weighted by molar-refractivity contribution is 6.10. The summed E-state index contributed by atoms with van der Waals surface area (Å²) in [6, 6.07) is 6.54. The molecule has 0 N–H and O–H groups in total. The van der Waals surface area contributed by atoms with Crippen LogP contribution in [0.5, 0.6) is 0 Å². The van der Waals surface area contributed by atoms with Gasteiger partial charge in [0.1, 0.15) is 12.1 Å². The fourth-order valence-electron chi connectivity index (χ4n) is 2.03. The van der Waals surface area contributed by atoms with E-state index in [9.17, 15) is 22.4 Å². The smallest absolute Gasteiger partial charge is 0.260 e. The number of fused-ring (bicyclic) bond motifs is 1. The lowest BCUT2D eigenvalue weighted by molar-refractivity contribution is 0.0519. The van der Waals surface area contributed by atoms with Crippen molar-refractivity contribution in [2.75, 3.05) is 0 Å². The van der Waals surface area contributed by atoms with Crippen molar-refractivity contribution in [3.8, 4) is 12.1 Å². The number of aromatic nitrogens is 2. The SMILES string of the molecule is N#CC(C#N)=NCc1ccc2c(c1)n(C(F)F)c(=O)n2C(F)F. The molecule has 0 spiro atoms. The van der Waals surface area contributed by atoms with E-state index in [1.54, 1.807) is 0 Å². The molecular weight excluding hydrogens is 318 g/mol. The molecular formula is C13H7F4N5O. The van der Waals surface area contributed by atoms with E-state index < -0.39 is 24.5 Å². The highest BCUT2D eigenvalue weighted by Gasteiger charge is 2.23. The average molecular weight is 325 g/mol. The molecule has 6 nitrogen and oxygen atoms in total. The third-order valence-corrected chi connectivity index (χ3v) is 2.99. The molecule has 0 bridgehead atoms. The molecule has 1 heterocycles. The van der Waals surface area contributed by atoms with Gasteiger partial charge in [-0.2, -0.15) is 28.1 Å². The summed E-state index contributed by atoms with van der Waals surface area (Å²) in [6.45, 7) is -6.75. The first kappa shape index (κ1) is 16.2. The number of imidazole rings is 1. The van der Waals surface area contributed by atoms with Crippen LogP contribution >= 0.6 is 0 Å². The predicted molar refractivity (Wildman–Crippen MR) is 71.1 cm³/mol. The average Bonchev–Trinajstić information content (AvgIpc) is 2.79.